The lowest BCUT2D eigenvalue weighted by molar-refractivity contribution is -0.153. The number of methoxy groups -OCH3 is 1. The number of ether oxygens (including phenoxy) is 3. The number of amides is 2. The molecule has 0 aliphatic carbocycles. The Morgan fingerprint density at radius 3 is 2.74 bits per heavy atom. The zero-order valence-corrected chi connectivity index (χ0v) is 19.7. The summed E-state index contributed by atoms with van der Waals surface area (Å²) in [5.74, 6) is -1.51. The number of cyclic esters (lactones) is 1. The van der Waals surface area contributed by atoms with E-state index in [-0.39, 0.29) is 57.1 Å². The summed E-state index contributed by atoms with van der Waals surface area (Å²) in [4.78, 5) is 38.2. The summed E-state index contributed by atoms with van der Waals surface area (Å²) in [5, 5.41) is 14.4. The summed E-state index contributed by atoms with van der Waals surface area (Å²) in [5.41, 5.74) is 0.753. The fourth-order valence-corrected chi connectivity index (χ4v) is 3.66. The van der Waals surface area contributed by atoms with Crippen LogP contribution in [0, 0.1) is 5.92 Å². The van der Waals surface area contributed by atoms with Crippen LogP contribution in [0.4, 0.5) is 0 Å². The van der Waals surface area contributed by atoms with Crippen molar-refractivity contribution in [3.8, 4) is 0 Å². The van der Waals surface area contributed by atoms with E-state index in [1.54, 1.807) is 0 Å². The van der Waals surface area contributed by atoms with Gasteiger partial charge in [-0.05, 0) is 24.8 Å². The molecule has 2 rings (SSSR count). The maximum atomic E-state index is 13.2. The average molecular weight is 477 g/mol. The molecule has 0 saturated heterocycles. The zero-order chi connectivity index (χ0) is 24.6. The molecule has 1 aromatic carbocycles. The van der Waals surface area contributed by atoms with Gasteiger partial charge in [-0.3, -0.25) is 14.4 Å². The van der Waals surface area contributed by atoms with E-state index >= 15 is 0 Å². The Morgan fingerprint density at radius 2 is 2.00 bits per heavy atom. The number of aliphatic hydroxyl groups excluding tert-OH is 1. The summed E-state index contributed by atoms with van der Waals surface area (Å²) in [6, 6.07) is 8.62. The molecule has 188 valence electrons. The summed E-state index contributed by atoms with van der Waals surface area (Å²) < 4.78 is 16.3. The van der Waals surface area contributed by atoms with Crippen molar-refractivity contribution in [1.29, 1.82) is 0 Å². The first kappa shape index (κ1) is 27.5. The second kappa shape index (κ2) is 16.0. The standard InChI is InChI=1S/C25H36N2O7/c1-32-18-21-24(19-9-6-4-7-10-19)34-23(30)12-8-3-2-5-11-20(25(31)27-21)17-22(29)26-13-15-33-16-14-28/h2,4-7,9-10,20-21,24,28H,3,8,11-18H2,1H3,(H,26,29)(H,27,31). The van der Waals surface area contributed by atoms with Crippen LogP contribution in [-0.4, -0.2) is 69.0 Å². The molecule has 34 heavy (non-hydrogen) atoms. The van der Waals surface area contributed by atoms with Gasteiger partial charge < -0.3 is 30.0 Å². The Kier molecular flexibility index (Phi) is 12.9. The van der Waals surface area contributed by atoms with E-state index in [4.69, 9.17) is 19.3 Å². The van der Waals surface area contributed by atoms with E-state index in [1.165, 1.54) is 7.11 Å². The third kappa shape index (κ3) is 10.0. The molecule has 9 heteroatoms. The molecule has 1 aliphatic heterocycles. The summed E-state index contributed by atoms with van der Waals surface area (Å²) in [6.07, 6.45) is 5.06. The maximum Gasteiger partial charge on any atom is 0.306 e. The number of carbonyl (C=O) groups excluding carboxylic acids is 3. The van der Waals surface area contributed by atoms with Crippen LogP contribution < -0.4 is 10.6 Å². The lowest BCUT2D eigenvalue weighted by atomic mass is 9.97. The highest BCUT2D eigenvalue weighted by Gasteiger charge is 2.31. The van der Waals surface area contributed by atoms with Gasteiger partial charge in [-0.25, -0.2) is 0 Å². The highest BCUT2D eigenvalue weighted by Crippen LogP contribution is 2.24. The SMILES string of the molecule is COCC1NC(=O)C(CC(=O)NCCOCCO)CC=CCCCC(=O)OC1c1ccccc1. The van der Waals surface area contributed by atoms with Crippen LogP contribution in [0.5, 0.6) is 0 Å². The monoisotopic (exact) mass is 476 g/mol. The predicted molar refractivity (Wildman–Crippen MR) is 126 cm³/mol. The van der Waals surface area contributed by atoms with Crippen molar-refractivity contribution in [3.05, 3.63) is 48.0 Å². The Labute approximate surface area is 200 Å². The minimum atomic E-state index is -0.718. The van der Waals surface area contributed by atoms with Gasteiger partial charge in [0, 0.05) is 26.5 Å². The van der Waals surface area contributed by atoms with Crippen LogP contribution >= 0.6 is 0 Å². The molecule has 2 amide bonds. The maximum absolute atomic E-state index is 13.2. The molecule has 3 N–H and O–H groups in total. The highest BCUT2D eigenvalue weighted by atomic mass is 16.5. The largest absolute Gasteiger partial charge is 0.455 e. The molecule has 0 bridgehead atoms. The predicted octanol–water partition coefficient (Wildman–Crippen LogP) is 1.66. The minimum Gasteiger partial charge on any atom is -0.455 e. The molecule has 1 aliphatic rings. The van der Waals surface area contributed by atoms with Crippen molar-refractivity contribution in [3.63, 3.8) is 0 Å². The number of benzene rings is 1. The van der Waals surface area contributed by atoms with Gasteiger partial charge in [0.15, 0.2) is 0 Å². The number of aliphatic hydroxyl groups is 1. The van der Waals surface area contributed by atoms with E-state index in [0.29, 0.717) is 25.8 Å². The van der Waals surface area contributed by atoms with Crippen molar-refractivity contribution in [1.82, 2.24) is 10.6 Å². The Hall–Kier alpha value is -2.75. The summed E-state index contributed by atoms with van der Waals surface area (Å²) >= 11 is 0. The first-order valence-electron chi connectivity index (χ1n) is 11.7. The molecule has 9 nitrogen and oxygen atoms in total. The van der Waals surface area contributed by atoms with Gasteiger partial charge in [0.2, 0.25) is 11.8 Å². The van der Waals surface area contributed by atoms with E-state index in [9.17, 15) is 14.4 Å². The normalized spacial score (nSPS) is 22.0. The fourth-order valence-electron chi connectivity index (χ4n) is 3.66. The van der Waals surface area contributed by atoms with Gasteiger partial charge in [-0.15, -0.1) is 0 Å². The quantitative estimate of drug-likeness (QED) is 0.267. The number of hydrogen-bond acceptors (Lipinski definition) is 7. The molecule has 3 atom stereocenters. The van der Waals surface area contributed by atoms with Crippen LogP contribution in [0.1, 0.15) is 43.8 Å². The van der Waals surface area contributed by atoms with Crippen LogP contribution in [0.15, 0.2) is 42.5 Å². The number of hydrogen-bond donors (Lipinski definition) is 3. The van der Waals surface area contributed by atoms with E-state index < -0.39 is 18.1 Å². The van der Waals surface area contributed by atoms with Crippen LogP contribution in [0.25, 0.3) is 0 Å². The number of esters is 1. The lowest BCUT2D eigenvalue weighted by Gasteiger charge is -2.29. The van der Waals surface area contributed by atoms with Crippen LogP contribution in [-0.2, 0) is 28.6 Å². The fraction of sp³-hybridized carbons (Fsp3) is 0.560. The molecule has 1 heterocycles. The highest BCUT2D eigenvalue weighted by molar-refractivity contribution is 5.86. The van der Waals surface area contributed by atoms with E-state index in [0.717, 1.165) is 5.56 Å². The second-order valence-electron chi connectivity index (χ2n) is 8.08. The van der Waals surface area contributed by atoms with Crippen molar-refractivity contribution >= 4 is 17.8 Å². The minimum absolute atomic E-state index is 0.00562. The summed E-state index contributed by atoms with van der Waals surface area (Å²) in [7, 11) is 1.52. The van der Waals surface area contributed by atoms with Gasteiger partial charge in [-0.2, -0.15) is 0 Å². The molecule has 3 unspecified atom stereocenters. The topological polar surface area (TPSA) is 123 Å². The number of carbonyl (C=O) groups is 3. The van der Waals surface area contributed by atoms with Gasteiger partial charge in [0.05, 0.1) is 38.4 Å². The molecule has 0 fully saturated rings. The third-order valence-corrected chi connectivity index (χ3v) is 5.37. The molecule has 0 radical (unpaired) electrons. The first-order valence-corrected chi connectivity index (χ1v) is 11.7. The zero-order valence-electron chi connectivity index (χ0n) is 19.7. The number of allylic oxidation sites excluding steroid dienone is 2. The van der Waals surface area contributed by atoms with Gasteiger partial charge in [-0.1, -0.05) is 42.5 Å². The van der Waals surface area contributed by atoms with Gasteiger partial charge in [0.25, 0.3) is 0 Å². The van der Waals surface area contributed by atoms with Crippen LogP contribution in [0.3, 0.4) is 0 Å². The van der Waals surface area contributed by atoms with Crippen molar-refractivity contribution in [2.75, 3.05) is 40.1 Å². The molecule has 1 aromatic rings. The lowest BCUT2D eigenvalue weighted by Crippen LogP contribution is -2.47. The molecule has 0 aromatic heterocycles. The smallest absolute Gasteiger partial charge is 0.306 e. The molecule has 0 spiro atoms. The Bertz CT molecular complexity index is 785. The Morgan fingerprint density at radius 1 is 1.21 bits per heavy atom. The van der Waals surface area contributed by atoms with Gasteiger partial charge in [0.1, 0.15) is 6.10 Å². The first-order chi connectivity index (χ1) is 16.5. The number of nitrogens with one attached hydrogen (secondary N) is 2. The second-order valence-corrected chi connectivity index (χ2v) is 8.08. The van der Waals surface area contributed by atoms with Crippen molar-refractivity contribution in [2.24, 2.45) is 5.92 Å². The van der Waals surface area contributed by atoms with Gasteiger partial charge >= 0.3 is 5.97 Å². The van der Waals surface area contributed by atoms with E-state index in [1.807, 2.05) is 42.5 Å². The van der Waals surface area contributed by atoms with Crippen molar-refractivity contribution in [2.45, 2.75) is 44.2 Å². The van der Waals surface area contributed by atoms with Crippen molar-refractivity contribution < 1.29 is 33.7 Å². The van der Waals surface area contributed by atoms with Crippen LogP contribution in [0.2, 0.25) is 0 Å². The molecular formula is C25H36N2O7. The Balaban J connectivity index is 2.16. The molecule has 0 saturated carbocycles. The summed E-state index contributed by atoms with van der Waals surface area (Å²) in [6.45, 7) is 0.837. The molecular weight excluding hydrogens is 440 g/mol. The number of rotatable bonds is 10. The average Bonchev–Trinajstić information content (AvgIpc) is 2.84. The third-order valence-electron chi connectivity index (χ3n) is 5.37. The van der Waals surface area contributed by atoms with E-state index in [2.05, 4.69) is 10.6 Å².